The van der Waals surface area contributed by atoms with Crippen LogP contribution in [0.3, 0.4) is 0 Å². The van der Waals surface area contributed by atoms with Crippen molar-refractivity contribution in [2.45, 2.75) is 403 Å². The number of aromatic nitrogens is 8. The van der Waals surface area contributed by atoms with Crippen molar-refractivity contribution in [1.29, 1.82) is 0 Å². The Bertz CT molecular complexity index is 4160. The van der Waals surface area contributed by atoms with Crippen LogP contribution < -0.4 is 37.9 Å². The highest BCUT2D eigenvalue weighted by Crippen LogP contribution is 2.71. The fraction of sp³-hybridized carbons (Fsp3) is 0.667. The first-order chi connectivity index (χ1) is 61.4. The molecule has 0 aliphatic carbocycles. The van der Waals surface area contributed by atoms with Crippen molar-refractivity contribution in [3.05, 3.63) is 0 Å². The number of H-pyrrole nitrogens is 2. The van der Waals surface area contributed by atoms with Crippen LogP contribution in [0, 0.1) is 0 Å². The molecule has 6 aliphatic heterocycles. The Morgan fingerprint density at radius 1 is 0.177 bits per heavy atom. The predicted molar refractivity (Wildman–Crippen MR) is 544 cm³/mol. The largest absolute Gasteiger partial charge is 0.492 e. The van der Waals surface area contributed by atoms with Gasteiger partial charge in [-0.15, -0.1) is 0 Å². The van der Waals surface area contributed by atoms with Gasteiger partial charge in [0.05, 0.1) is 136 Å². The van der Waals surface area contributed by atoms with E-state index in [0.717, 1.165) is 283 Å². The molecule has 3 aromatic heterocycles. The lowest BCUT2D eigenvalue weighted by molar-refractivity contribution is 0.286. The zero-order valence-electron chi connectivity index (χ0n) is 75.4. The molecule has 124 heavy (non-hydrogen) atoms. The maximum atomic E-state index is 7.51. The molecule has 682 valence electrons. The normalized spacial score (nSPS) is 13.6. The molecule has 0 spiro atoms. The van der Waals surface area contributed by atoms with E-state index in [-0.39, 0.29) is 0 Å². The lowest BCUT2D eigenvalue weighted by atomic mass is 10.0. The van der Waals surface area contributed by atoms with E-state index >= 15 is 0 Å². The molecular weight excluding hydrogens is 1780 g/mol. The quantitative estimate of drug-likeness (QED) is 0.0271. The van der Waals surface area contributed by atoms with E-state index in [0.29, 0.717) is 98.7 Å². The average Bonchev–Trinajstić information content (AvgIpc) is 1.55. The van der Waals surface area contributed by atoms with E-state index in [4.69, 9.17) is 67.8 Å². The van der Waals surface area contributed by atoms with Crippen molar-refractivity contribution in [2.24, 2.45) is 0 Å². The number of unbranched alkanes of at least 4 members (excludes halogenated alkanes) is 40. The standard InChI is InChI=1S/C96H138N8O8S12/c1-9-17-25-33-41-49-57-105-73-65-66(74(82-81(73)113-121-114-82)106-58-50-42-34-26-18-10-2)90-97-89(65)101-91-67-68(76(108-60-52-44-36-28-20-12-4)84-83(115-122-116-84)75(67)107-59-51-43-35-27-19-11-3)93(98-91)103-95-71-72(80(112-64-56-48-40-32-24-16-8)88-87(119-124-120-88)79(71)111-63-55-47-39-31-23-15-7)96(100-95)104-94-70-69(92(99-94)102-90)77(109-61-53-45-37-29-21-13-5)85-86(118-123-117-85)78(70)110-62-54-46-38-30-22-14-6/h9-64H2,1-8H3,(H2,97,98,99,100,101,102,103,104). The first-order valence-electron chi connectivity index (χ1n) is 48.2. The number of hydrogen-bond donors (Lipinski definition) is 2. The van der Waals surface area contributed by atoms with E-state index in [2.05, 4.69) is 65.4 Å². The highest BCUT2D eigenvalue weighted by atomic mass is 33.5. The lowest BCUT2D eigenvalue weighted by Crippen LogP contribution is -2.05. The highest BCUT2D eigenvalue weighted by molar-refractivity contribution is 9.11. The summed E-state index contributed by atoms with van der Waals surface area (Å²) in [6.45, 7) is 22.5. The Hall–Kier alpha value is -3.16. The third-order valence-electron chi connectivity index (χ3n) is 23.8. The summed E-state index contributed by atoms with van der Waals surface area (Å²) >= 11 is 0. The molecule has 0 radical (unpaired) electrons. The Kier molecular flexibility index (Phi) is 42.9. The Labute approximate surface area is 787 Å². The van der Waals surface area contributed by atoms with Gasteiger partial charge >= 0.3 is 0 Å². The maximum Gasteiger partial charge on any atom is 0.168 e. The molecule has 13 rings (SSSR count). The van der Waals surface area contributed by atoms with E-state index in [1.54, 1.807) is 126 Å². The van der Waals surface area contributed by atoms with Gasteiger partial charge in [0.2, 0.25) is 0 Å². The molecule has 16 nitrogen and oxygen atoms in total. The van der Waals surface area contributed by atoms with Gasteiger partial charge in [-0.2, -0.15) is 0 Å². The van der Waals surface area contributed by atoms with E-state index in [1.807, 2.05) is 0 Å². The van der Waals surface area contributed by atoms with E-state index in [9.17, 15) is 0 Å². The van der Waals surface area contributed by atoms with Crippen LogP contribution in [-0.2, 0) is 0 Å². The topological polar surface area (TPSA) is 183 Å². The van der Waals surface area contributed by atoms with Gasteiger partial charge in [-0.1, -0.05) is 312 Å². The second kappa shape index (κ2) is 54.1. The van der Waals surface area contributed by atoms with Crippen LogP contribution in [0.1, 0.15) is 364 Å². The number of fused-ring (bicyclic) bond motifs is 24. The number of rotatable bonds is 64. The summed E-state index contributed by atoms with van der Waals surface area (Å²) in [5.74, 6) is 7.83. The summed E-state index contributed by atoms with van der Waals surface area (Å²) in [4.78, 5) is 52.7. The van der Waals surface area contributed by atoms with Crippen molar-refractivity contribution < 1.29 is 37.9 Å². The van der Waals surface area contributed by atoms with Gasteiger partial charge < -0.3 is 47.9 Å². The molecule has 7 aromatic rings. The van der Waals surface area contributed by atoms with Crippen LogP contribution in [0.2, 0.25) is 0 Å². The van der Waals surface area contributed by atoms with Crippen molar-refractivity contribution in [3.8, 4) is 91.5 Å². The van der Waals surface area contributed by atoms with E-state index in [1.165, 1.54) is 154 Å². The first-order valence-corrected chi connectivity index (χ1v) is 62.2. The van der Waals surface area contributed by atoms with Gasteiger partial charge in [0.25, 0.3) is 0 Å². The molecule has 2 N–H and O–H groups in total. The molecule has 0 atom stereocenters. The van der Waals surface area contributed by atoms with Crippen LogP contribution in [0.4, 0.5) is 0 Å². The average molecular weight is 1920 g/mol. The van der Waals surface area contributed by atoms with E-state index < -0.39 is 0 Å². The molecule has 0 saturated heterocycles. The van der Waals surface area contributed by atoms with Crippen molar-refractivity contribution in [2.75, 3.05) is 52.9 Å². The summed E-state index contributed by atoms with van der Waals surface area (Å²) < 4.78 is 60.0. The van der Waals surface area contributed by atoms with Crippen molar-refractivity contribution in [3.63, 3.8) is 0 Å². The van der Waals surface area contributed by atoms with Crippen molar-refractivity contribution in [1.82, 2.24) is 39.9 Å². The molecule has 4 aromatic carbocycles. The number of ether oxygens (including phenoxy) is 8. The van der Waals surface area contributed by atoms with Gasteiger partial charge in [0.1, 0.15) is 68.6 Å². The molecule has 0 unspecified atom stereocenters. The smallest absolute Gasteiger partial charge is 0.168 e. The molecule has 0 saturated carbocycles. The van der Waals surface area contributed by atoms with Gasteiger partial charge in [-0.25, -0.2) is 29.9 Å². The van der Waals surface area contributed by atoms with Crippen LogP contribution in [0.15, 0.2) is 39.2 Å². The number of nitrogens with one attached hydrogen (secondary N) is 2. The lowest BCUT2D eigenvalue weighted by Gasteiger charge is -2.19. The molecular formula is C96H138N8O8S12. The number of nitrogens with zero attached hydrogens (tertiary/aromatic N) is 6. The molecule has 8 bridgehead atoms. The minimum atomic E-state index is 0.448. The first kappa shape index (κ1) is 98.3. The number of aromatic amines is 2. The summed E-state index contributed by atoms with van der Waals surface area (Å²) in [5.41, 5.74) is 5.15. The van der Waals surface area contributed by atoms with Gasteiger partial charge in [-0.05, 0) is 177 Å². The van der Waals surface area contributed by atoms with Gasteiger partial charge in [0.15, 0.2) is 23.3 Å². The number of hydrogen-bond acceptors (Lipinski definition) is 26. The van der Waals surface area contributed by atoms with Crippen LogP contribution in [0.25, 0.3) is 89.7 Å². The maximum absolute atomic E-state index is 7.51. The zero-order valence-corrected chi connectivity index (χ0v) is 85.2. The summed E-state index contributed by atoms with van der Waals surface area (Å²) in [6.07, 6.45) is 54.1. The summed E-state index contributed by atoms with van der Waals surface area (Å²) in [7, 11) is 21.0. The Morgan fingerprint density at radius 3 is 0.492 bits per heavy atom. The zero-order chi connectivity index (χ0) is 85.9. The molecule has 28 heteroatoms. The fourth-order valence-electron chi connectivity index (χ4n) is 16.9. The SMILES string of the molecule is CCCCCCCCOc1c2c(c(OCCCCCCCC)c3c1-c1nc-3nc3[nH]c(nc4nc(nc5[nH]c(n1)c1c(OCCCCCCCC)c6c(c(OCCCCCCCC)c51)SSS6)-c1c(OCCCCCCCC)c5c(c(OCCCCCCCC)c1-4)SSS5)c1c(OCCCCCCCC)c4c(c(OCCCCCCCC)c31)SSS4)SSS2. The number of benzene rings is 4. The summed E-state index contributed by atoms with van der Waals surface area (Å²) in [5, 5.41) is 3.12. The van der Waals surface area contributed by atoms with Crippen LogP contribution in [-0.4, -0.2) is 92.7 Å². The fourth-order valence-corrected chi connectivity index (χ4v) is 35.0. The Morgan fingerprint density at radius 2 is 0.323 bits per heavy atom. The third kappa shape index (κ3) is 25.8. The van der Waals surface area contributed by atoms with Gasteiger partial charge in [-0.3, -0.25) is 0 Å². The minimum Gasteiger partial charge on any atom is -0.492 e. The minimum absolute atomic E-state index is 0.448. The van der Waals surface area contributed by atoms with Gasteiger partial charge in [0, 0.05) is 0 Å². The second-order valence-corrected chi connectivity index (χ2v) is 49.4. The predicted octanol–water partition coefficient (Wildman–Crippen LogP) is 35.8. The molecule has 0 fully saturated rings. The van der Waals surface area contributed by atoms with Crippen molar-refractivity contribution >= 4 is 170 Å². The highest BCUT2D eigenvalue weighted by Gasteiger charge is 2.42. The Balaban J connectivity index is 1.17. The van der Waals surface area contributed by atoms with Crippen LogP contribution >= 0.6 is 126 Å². The third-order valence-corrected chi connectivity index (χ3v) is 39.8. The van der Waals surface area contributed by atoms with Crippen LogP contribution in [0.5, 0.6) is 46.0 Å². The monoisotopic (exact) mass is 1910 g/mol. The second-order valence-electron chi connectivity index (χ2n) is 33.7. The molecule has 9 heterocycles. The summed E-state index contributed by atoms with van der Waals surface area (Å²) in [6, 6.07) is 0. The molecule has 6 aliphatic rings. The molecule has 0 amide bonds.